The first-order chi connectivity index (χ1) is 29.8. The van der Waals surface area contributed by atoms with Gasteiger partial charge in [0.15, 0.2) is 5.78 Å². The van der Waals surface area contributed by atoms with Gasteiger partial charge >= 0.3 is 18.2 Å². The zero-order valence-electron chi connectivity index (χ0n) is 40.3. The van der Waals surface area contributed by atoms with Gasteiger partial charge in [-0.05, 0) is 171 Å². The third-order valence-corrected chi connectivity index (χ3v) is 20.4. The predicted molar refractivity (Wildman–Crippen MR) is 244 cm³/mol. The van der Waals surface area contributed by atoms with Gasteiger partial charge in [0.05, 0.1) is 11.5 Å². The van der Waals surface area contributed by atoms with Crippen LogP contribution in [0.5, 0.6) is 0 Å². The number of fused-ring (bicyclic) bond motifs is 7. The van der Waals surface area contributed by atoms with Crippen molar-refractivity contribution in [2.24, 2.45) is 62.6 Å². The molecule has 2 saturated heterocycles. The minimum atomic E-state index is -0.566. The van der Waals surface area contributed by atoms with Crippen molar-refractivity contribution in [1.82, 2.24) is 15.1 Å². The number of benzene rings is 1. The van der Waals surface area contributed by atoms with Gasteiger partial charge in [0, 0.05) is 31.0 Å². The molecule has 0 unspecified atom stereocenters. The second-order valence-corrected chi connectivity index (χ2v) is 24.1. The Hall–Kier alpha value is -3.29. The van der Waals surface area contributed by atoms with Crippen LogP contribution in [0.3, 0.4) is 0 Å². The lowest BCUT2D eigenvalue weighted by atomic mass is 9.33. The molecule has 346 valence electrons. The summed E-state index contributed by atoms with van der Waals surface area (Å²) in [4.78, 5) is 63.8. The number of carbonyl (C=O) groups is 3. The van der Waals surface area contributed by atoms with Crippen LogP contribution in [0, 0.1) is 62.6 Å². The summed E-state index contributed by atoms with van der Waals surface area (Å²) in [6.45, 7) is 25.8. The number of amides is 2. The Morgan fingerprint density at radius 2 is 1.51 bits per heavy atom. The zero-order valence-corrected chi connectivity index (χ0v) is 40.3. The number of allylic oxidation sites excluding steroid dienone is 1. The molecule has 9 heteroatoms. The molecule has 9 nitrogen and oxygen atoms in total. The number of rotatable bonds is 8. The van der Waals surface area contributed by atoms with E-state index in [1.807, 2.05) is 0 Å². The van der Waals surface area contributed by atoms with E-state index in [0.717, 1.165) is 109 Å². The normalized spacial score (nSPS) is 40.1. The first-order valence-electron chi connectivity index (χ1n) is 25.1. The molecule has 0 radical (unpaired) electrons. The largest absolute Gasteiger partial charge is 0.462 e. The van der Waals surface area contributed by atoms with Gasteiger partial charge in [-0.3, -0.25) is 9.59 Å². The summed E-state index contributed by atoms with van der Waals surface area (Å²) in [5, 5.41) is 3.71. The summed E-state index contributed by atoms with van der Waals surface area (Å²) in [5.74, 6) is 2.22. The van der Waals surface area contributed by atoms with E-state index >= 15 is 0 Å². The van der Waals surface area contributed by atoms with E-state index in [1.54, 1.807) is 0 Å². The standard InChI is InChI=1S/C53H79N3O4.CO2/c1-34(2)44-40(57)32-53(54-47(59)56-29-15-18-37(56)33-55-27-13-14-28-55)26-25-51(8)38(45(44)53)19-20-42-50(7)23-22-43(49(5,6)41(50)21-24-52(42,51)9)60-46(58)39-31-36(48(39,3)4)30-35-16-11-10-12-17-35;2-1-3/h10-12,16-17,34,36-39,41-43H,13-15,18-33H2,1-9H3,(H,54,59);/t36-,37+,38-,39-,41+,42-,43+,50+,51-,52-,53-;/m1./s1. The van der Waals surface area contributed by atoms with Gasteiger partial charge in [-0.2, -0.15) is 9.59 Å². The summed E-state index contributed by atoms with van der Waals surface area (Å²) < 4.78 is 6.70. The maximum Gasteiger partial charge on any atom is 0.373 e. The summed E-state index contributed by atoms with van der Waals surface area (Å²) >= 11 is 0. The average Bonchev–Trinajstić information content (AvgIpc) is 3.98. The Morgan fingerprint density at radius 1 is 0.810 bits per heavy atom. The third-order valence-electron chi connectivity index (χ3n) is 20.4. The van der Waals surface area contributed by atoms with E-state index in [0.29, 0.717) is 24.2 Å². The van der Waals surface area contributed by atoms with E-state index in [9.17, 15) is 14.4 Å². The number of likely N-dealkylation sites (tertiary alicyclic amines) is 2. The Kier molecular flexibility index (Phi) is 12.4. The number of hydrogen-bond acceptors (Lipinski definition) is 7. The van der Waals surface area contributed by atoms with Crippen molar-refractivity contribution < 1.29 is 28.7 Å². The van der Waals surface area contributed by atoms with Gasteiger partial charge in [-0.25, -0.2) is 4.79 Å². The molecule has 2 heterocycles. The van der Waals surface area contributed by atoms with Crippen molar-refractivity contribution in [3.8, 4) is 0 Å². The van der Waals surface area contributed by atoms with Crippen molar-refractivity contribution in [2.75, 3.05) is 26.2 Å². The van der Waals surface area contributed by atoms with Crippen molar-refractivity contribution in [1.29, 1.82) is 0 Å². The van der Waals surface area contributed by atoms with Gasteiger partial charge < -0.3 is 19.9 Å². The molecule has 2 aliphatic heterocycles. The number of nitrogens with zero attached hydrogens (tertiary/aromatic N) is 2. The molecular formula is C54H79N3O6. The van der Waals surface area contributed by atoms with E-state index in [1.165, 1.54) is 24.0 Å². The van der Waals surface area contributed by atoms with Crippen molar-refractivity contribution in [2.45, 2.75) is 176 Å². The zero-order chi connectivity index (χ0) is 45.3. The number of ketones is 1. The topological polar surface area (TPSA) is 113 Å². The lowest BCUT2D eigenvalue weighted by molar-refractivity contribution is -0.235. The van der Waals surface area contributed by atoms with Gasteiger partial charge in [-0.15, -0.1) is 0 Å². The molecular weight excluding hydrogens is 787 g/mol. The minimum absolute atomic E-state index is 0.0315. The molecule has 0 aromatic heterocycles. The summed E-state index contributed by atoms with van der Waals surface area (Å²) in [7, 11) is 0. The number of ether oxygens (including phenoxy) is 1. The molecule has 8 aliphatic rings. The highest BCUT2D eigenvalue weighted by atomic mass is 16.5. The van der Waals surface area contributed by atoms with Crippen LogP contribution in [0.4, 0.5) is 4.79 Å². The highest BCUT2D eigenvalue weighted by Crippen LogP contribution is 2.76. The lowest BCUT2D eigenvalue weighted by Crippen LogP contribution is -2.68. The summed E-state index contributed by atoms with van der Waals surface area (Å²) in [5.41, 5.74) is 3.26. The van der Waals surface area contributed by atoms with E-state index in [2.05, 4.69) is 108 Å². The number of urea groups is 1. The Morgan fingerprint density at radius 3 is 2.17 bits per heavy atom. The number of carbonyl (C=O) groups excluding carboxylic acids is 5. The molecule has 9 rings (SSSR count). The molecule has 6 aliphatic carbocycles. The van der Waals surface area contributed by atoms with E-state index < -0.39 is 5.54 Å². The molecule has 2 amide bonds. The van der Waals surface area contributed by atoms with Crippen molar-refractivity contribution >= 4 is 23.9 Å². The maximum absolute atomic E-state index is 14.5. The summed E-state index contributed by atoms with van der Waals surface area (Å²) in [6.07, 6.45) is 15.7. The maximum atomic E-state index is 14.5. The van der Waals surface area contributed by atoms with E-state index in [-0.39, 0.29) is 80.9 Å². The van der Waals surface area contributed by atoms with Crippen LogP contribution in [0.1, 0.15) is 158 Å². The quantitative estimate of drug-likeness (QED) is 0.259. The molecule has 0 bridgehead atoms. The first-order valence-corrected chi connectivity index (χ1v) is 25.1. The fourth-order valence-electron chi connectivity index (χ4n) is 16.7. The molecule has 5 saturated carbocycles. The second-order valence-electron chi connectivity index (χ2n) is 24.1. The smallest absolute Gasteiger partial charge is 0.373 e. The van der Waals surface area contributed by atoms with Gasteiger partial charge in [0.25, 0.3) is 0 Å². The molecule has 1 aromatic carbocycles. The van der Waals surface area contributed by atoms with Crippen LogP contribution in [0.25, 0.3) is 0 Å². The fourth-order valence-corrected chi connectivity index (χ4v) is 16.7. The highest BCUT2D eigenvalue weighted by Gasteiger charge is 2.70. The molecule has 0 spiro atoms. The minimum Gasteiger partial charge on any atom is -0.462 e. The van der Waals surface area contributed by atoms with Gasteiger partial charge in [-0.1, -0.05) is 92.6 Å². The van der Waals surface area contributed by atoms with Gasteiger partial charge in [0.1, 0.15) is 6.10 Å². The number of esters is 1. The average molecular weight is 866 g/mol. The highest BCUT2D eigenvalue weighted by molar-refractivity contribution is 6.02. The van der Waals surface area contributed by atoms with Crippen molar-refractivity contribution in [3.05, 3.63) is 47.0 Å². The SMILES string of the molecule is CC(C)C1=C2[C@H]3CC[C@@H]4[C@@]5(C)CC[C@H](OC(=O)[C@H]6C[C@@H](Cc7ccccc7)C6(C)C)C(C)(C)[C@@H]5CC[C@@]4(C)[C@]3(C)CC[C@@]2(NC(=O)N2CCC[C@H]2CN2CCCC2)CC1=O.O=C=O. The number of nitrogens with one attached hydrogen (secondary N) is 1. The Labute approximate surface area is 378 Å². The lowest BCUT2D eigenvalue weighted by Gasteiger charge is -2.72. The van der Waals surface area contributed by atoms with Crippen molar-refractivity contribution in [3.63, 3.8) is 0 Å². The van der Waals surface area contributed by atoms with Crippen LogP contribution in [0.15, 0.2) is 41.5 Å². The van der Waals surface area contributed by atoms with Gasteiger partial charge in [0.2, 0.25) is 0 Å². The van der Waals surface area contributed by atoms with Crippen LogP contribution in [-0.2, 0) is 30.3 Å². The Balaban J connectivity index is 0.00000177. The third kappa shape index (κ3) is 7.50. The predicted octanol–water partition coefficient (Wildman–Crippen LogP) is 10.2. The number of hydrogen-bond donors (Lipinski definition) is 1. The van der Waals surface area contributed by atoms with Crippen LogP contribution in [-0.4, -0.2) is 77.6 Å². The molecule has 63 heavy (non-hydrogen) atoms. The fraction of sp³-hybridized carbons (Fsp3) is 0.778. The Bertz CT molecular complexity index is 1980. The number of Topliss-reactive ketones (excluding diaryl/α,β-unsaturated/α-hetero) is 1. The molecule has 7 fully saturated rings. The van der Waals surface area contributed by atoms with E-state index in [4.69, 9.17) is 14.3 Å². The second kappa shape index (κ2) is 16.9. The van der Waals surface area contributed by atoms with Crippen LogP contribution in [0.2, 0.25) is 0 Å². The molecule has 11 atom stereocenters. The summed E-state index contributed by atoms with van der Waals surface area (Å²) in [6, 6.07) is 11.1. The monoisotopic (exact) mass is 866 g/mol. The van der Waals surface area contributed by atoms with Crippen LogP contribution < -0.4 is 5.32 Å². The molecule has 1 N–H and O–H groups in total. The van der Waals surface area contributed by atoms with Crippen LogP contribution >= 0.6 is 0 Å². The first kappa shape index (κ1) is 46.2. The molecule has 1 aromatic rings.